The molecule has 4 nitrogen and oxygen atoms in total. The van der Waals surface area contributed by atoms with Gasteiger partial charge < -0.3 is 5.11 Å². The third-order valence-electron chi connectivity index (χ3n) is 2.25. The molecule has 0 fully saturated rings. The molecule has 0 bridgehead atoms. The summed E-state index contributed by atoms with van der Waals surface area (Å²) in [6, 6.07) is 5.91. The quantitative estimate of drug-likeness (QED) is 0.482. The Bertz CT molecular complexity index is 434. The monoisotopic (exact) mass is 233 g/mol. The number of aliphatic hydroxyl groups is 1. The molecular formula is C13H15NO3. The number of aliphatic hydroxyl groups excluding tert-OH is 1. The first-order valence-corrected chi connectivity index (χ1v) is 5.25. The Kier molecular flexibility index (Phi) is 4.60. The number of hydrogen-bond donors (Lipinski definition) is 1. The Morgan fingerprint density at radius 2 is 2.12 bits per heavy atom. The maximum atomic E-state index is 10.5. The molecule has 0 aliphatic rings. The third-order valence-corrected chi connectivity index (χ3v) is 2.25. The Hall–Kier alpha value is -1.94. The lowest BCUT2D eigenvalue weighted by molar-refractivity contribution is -0.384. The van der Waals surface area contributed by atoms with E-state index in [0.29, 0.717) is 12.0 Å². The van der Waals surface area contributed by atoms with E-state index in [1.54, 1.807) is 12.1 Å². The highest BCUT2D eigenvalue weighted by atomic mass is 16.6. The fourth-order valence-electron chi connectivity index (χ4n) is 1.35. The van der Waals surface area contributed by atoms with Gasteiger partial charge in [0.05, 0.1) is 11.0 Å². The van der Waals surface area contributed by atoms with Gasteiger partial charge in [0, 0.05) is 12.1 Å². The summed E-state index contributed by atoms with van der Waals surface area (Å²) in [5.74, 6) is 0. The molecule has 0 saturated carbocycles. The number of nitro groups is 1. The molecule has 90 valence electrons. The molecule has 1 unspecified atom stereocenters. The molecule has 1 N–H and O–H groups in total. The normalized spacial score (nSPS) is 12.6. The van der Waals surface area contributed by atoms with E-state index in [9.17, 15) is 15.2 Å². The van der Waals surface area contributed by atoms with Gasteiger partial charge in [-0.25, -0.2) is 0 Å². The Labute approximate surface area is 100 Å². The summed E-state index contributed by atoms with van der Waals surface area (Å²) in [6.07, 6.45) is 3.47. The molecule has 0 aromatic heterocycles. The van der Waals surface area contributed by atoms with Crippen LogP contribution in [0.3, 0.4) is 0 Å². The van der Waals surface area contributed by atoms with Crippen molar-refractivity contribution >= 4 is 5.69 Å². The largest absolute Gasteiger partial charge is 0.388 e. The Morgan fingerprint density at radius 3 is 2.59 bits per heavy atom. The lowest BCUT2D eigenvalue weighted by atomic mass is 10.1. The van der Waals surface area contributed by atoms with Gasteiger partial charge in [0.15, 0.2) is 0 Å². The van der Waals surface area contributed by atoms with Crippen LogP contribution in [0.4, 0.5) is 5.69 Å². The van der Waals surface area contributed by atoms with Crippen molar-refractivity contribution in [2.45, 2.75) is 19.4 Å². The van der Waals surface area contributed by atoms with Crippen LogP contribution >= 0.6 is 0 Å². The minimum Gasteiger partial charge on any atom is -0.388 e. The van der Waals surface area contributed by atoms with Crippen LogP contribution in [0.2, 0.25) is 0 Å². The molecule has 0 radical (unpaired) electrons. The summed E-state index contributed by atoms with van der Waals surface area (Å²) in [5.41, 5.74) is 1.61. The van der Waals surface area contributed by atoms with E-state index in [1.165, 1.54) is 12.1 Å². The predicted octanol–water partition coefficient (Wildman–Crippen LogP) is 3.15. The first kappa shape index (κ1) is 13.1. The van der Waals surface area contributed by atoms with Gasteiger partial charge >= 0.3 is 0 Å². The lowest BCUT2D eigenvalue weighted by Crippen LogP contribution is -1.96. The minimum absolute atomic E-state index is 0.0263. The Balaban J connectivity index is 2.66. The second-order valence-corrected chi connectivity index (χ2v) is 3.85. The zero-order valence-electron chi connectivity index (χ0n) is 9.67. The van der Waals surface area contributed by atoms with Gasteiger partial charge in [0.2, 0.25) is 0 Å². The van der Waals surface area contributed by atoms with E-state index in [4.69, 9.17) is 0 Å². The second-order valence-electron chi connectivity index (χ2n) is 3.85. The summed E-state index contributed by atoms with van der Waals surface area (Å²) in [5, 5.41) is 20.3. The molecule has 1 rings (SSSR count). The van der Waals surface area contributed by atoms with E-state index in [2.05, 4.69) is 6.58 Å². The second kappa shape index (κ2) is 5.96. The molecule has 1 aromatic carbocycles. The van der Waals surface area contributed by atoms with Crippen molar-refractivity contribution < 1.29 is 10.0 Å². The standard InChI is InChI=1S/C13H15NO3/c1-10(2)4-3-5-13(15)11-6-8-12(9-7-11)14(16)17/h3-4,6-9,13,15H,1,5H2,2H3/b4-3+. The SMILES string of the molecule is C=C(C)/C=C/CC(O)c1ccc([N+](=O)[O-])cc1. The molecule has 0 saturated heterocycles. The first-order valence-electron chi connectivity index (χ1n) is 5.25. The van der Waals surface area contributed by atoms with Gasteiger partial charge in [-0.3, -0.25) is 10.1 Å². The molecule has 4 heteroatoms. The van der Waals surface area contributed by atoms with Gasteiger partial charge in [0.1, 0.15) is 0 Å². The molecule has 0 spiro atoms. The maximum absolute atomic E-state index is 10.5. The van der Waals surface area contributed by atoms with Crippen molar-refractivity contribution in [2.24, 2.45) is 0 Å². The number of allylic oxidation sites excluding steroid dienone is 2. The van der Waals surface area contributed by atoms with E-state index in [0.717, 1.165) is 5.57 Å². The molecular weight excluding hydrogens is 218 g/mol. The first-order chi connectivity index (χ1) is 8.00. The van der Waals surface area contributed by atoms with Crippen LogP contribution in [-0.2, 0) is 0 Å². The highest BCUT2D eigenvalue weighted by molar-refractivity contribution is 5.33. The molecule has 0 aliphatic heterocycles. The molecule has 0 heterocycles. The van der Waals surface area contributed by atoms with Gasteiger partial charge in [0.25, 0.3) is 5.69 Å². The highest BCUT2D eigenvalue weighted by Gasteiger charge is 2.08. The van der Waals surface area contributed by atoms with Crippen LogP contribution in [-0.4, -0.2) is 10.0 Å². The van der Waals surface area contributed by atoms with Crippen LogP contribution in [0.5, 0.6) is 0 Å². The summed E-state index contributed by atoms with van der Waals surface area (Å²) in [6.45, 7) is 5.58. The number of benzene rings is 1. The molecule has 0 amide bonds. The summed E-state index contributed by atoms with van der Waals surface area (Å²) in [4.78, 5) is 9.99. The number of nitrogens with zero attached hydrogens (tertiary/aromatic N) is 1. The molecule has 1 aromatic rings. The van der Waals surface area contributed by atoms with Gasteiger partial charge in [-0.15, -0.1) is 0 Å². The van der Waals surface area contributed by atoms with Crippen LogP contribution in [0, 0.1) is 10.1 Å². The fraction of sp³-hybridized carbons (Fsp3) is 0.231. The summed E-state index contributed by atoms with van der Waals surface area (Å²) in [7, 11) is 0. The average Bonchev–Trinajstić information content (AvgIpc) is 2.28. The van der Waals surface area contributed by atoms with Gasteiger partial charge in [-0.2, -0.15) is 0 Å². The van der Waals surface area contributed by atoms with Crippen molar-refractivity contribution in [1.29, 1.82) is 0 Å². The van der Waals surface area contributed by atoms with Gasteiger partial charge in [-0.05, 0) is 31.0 Å². The van der Waals surface area contributed by atoms with Crippen molar-refractivity contribution in [1.82, 2.24) is 0 Å². The Morgan fingerprint density at radius 1 is 1.53 bits per heavy atom. The minimum atomic E-state index is -0.647. The van der Waals surface area contributed by atoms with E-state index in [-0.39, 0.29) is 5.69 Å². The van der Waals surface area contributed by atoms with Gasteiger partial charge in [-0.1, -0.05) is 24.3 Å². The molecule has 0 aliphatic carbocycles. The maximum Gasteiger partial charge on any atom is 0.269 e. The number of nitro benzene ring substituents is 1. The van der Waals surface area contributed by atoms with E-state index in [1.807, 2.05) is 19.1 Å². The van der Waals surface area contributed by atoms with E-state index >= 15 is 0 Å². The third kappa shape index (κ3) is 4.20. The summed E-state index contributed by atoms with van der Waals surface area (Å²) >= 11 is 0. The zero-order chi connectivity index (χ0) is 12.8. The van der Waals surface area contributed by atoms with Crippen molar-refractivity contribution in [3.63, 3.8) is 0 Å². The number of non-ortho nitro benzene ring substituents is 1. The van der Waals surface area contributed by atoms with Crippen LogP contribution in [0.15, 0.2) is 48.6 Å². The number of hydrogen-bond acceptors (Lipinski definition) is 3. The van der Waals surface area contributed by atoms with Crippen LogP contribution < -0.4 is 0 Å². The topological polar surface area (TPSA) is 63.4 Å². The fourth-order valence-corrected chi connectivity index (χ4v) is 1.35. The van der Waals surface area contributed by atoms with Crippen molar-refractivity contribution in [2.75, 3.05) is 0 Å². The zero-order valence-corrected chi connectivity index (χ0v) is 9.67. The van der Waals surface area contributed by atoms with Crippen LogP contribution in [0.25, 0.3) is 0 Å². The molecule has 17 heavy (non-hydrogen) atoms. The predicted molar refractivity (Wildman–Crippen MR) is 66.6 cm³/mol. The average molecular weight is 233 g/mol. The van der Waals surface area contributed by atoms with E-state index < -0.39 is 11.0 Å². The summed E-state index contributed by atoms with van der Waals surface area (Å²) < 4.78 is 0. The smallest absolute Gasteiger partial charge is 0.269 e. The van der Waals surface area contributed by atoms with Crippen molar-refractivity contribution in [3.05, 3.63) is 64.2 Å². The van der Waals surface area contributed by atoms with Crippen LogP contribution in [0.1, 0.15) is 25.0 Å². The lowest BCUT2D eigenvalue weighted by Gasteiger charge is -2.07. The highest BCUT2D eigenvalue weighted by Crippen LogP contribution is 2.20. The molecule has 1 atom stereocenters. The number of rotatable bonds is 5. The van der Waals surface area contributed by atoms with Crippen molar-refractivity contribution in [3.8, 4) is 0 Å².